The summed E-state index contributed by atoms with van der Waals surface area (Å²) in [6, 6.07) is 0. The van der Waals surface area contributed by atoms with E-state index in [1.165, 1.54) is 0 Å². The Hall–Kier alpha value is -0.0400. The molecule has 0 spiro atoms. The van der Waals surface area contributed by atoms with Crippen LogP contribution < -0.4 is 0 Å². The standard InChI is InChI=1S/C3H5O/c1-3-2-4-3/h3H,1-2H2/q-1. The zero-order valence-electron chi connectivity index (χ0n) is 2.40. The molecule has 1 rings (SSSR count). The molecule has 0 N–H and O–H groups in total. The highest BCUT2D eigenvalue weighted by molar-refractivity contribution is 4.69. The molecule has 0 saturated carbocycles. The average molecular weight is 57.1 g/mol. The van der Waals surface area contributed by atoms with Gasteiger partial charge in [0.1, 0.15) is 0 Å². The van der Waals surface area contributed by atoms with Crippen molar-refractivity contribution in [1.82, 2.24) is 0 Å². The summed E-state index contributed by atoms with van der Waals surface area (Å²) in [7, 11) is 0. The molecule has 0 aromatic rings. The van der Waals surface area contributed by atoms with E-state index in [2.05, 4.69) is 11.7 Å². The van der Waals surface area contributed by atoms with Crippen LogP contribution in [0.5, 0.6) is 0 Å². The van der Waals surface area contributed by atoms with E-state index in [9.17, 15) is 0 Å². The monoisotopic (exact) mass is 57.0 g/mol. The van der Waals surface area contributed by atoms with Crippen molar-refractivity contribution < 1.29 is 4.74 Å². The Labute approximate surface area is 25.6 Å². The number of epoxide rings is 1. The van der Waals surface area contributed by atoms with E-state index >= 15 is 0 Å². The van der Waals surface area contributed by atoms with Gasteiger partial charge in [-0.05, 0) is 6.10 Å². The van der Waals surface area contributed by atoms with Crippen LogP contribution in [-0.2, 0) is 4.74 Å². The first-order valence-corrected chi connectivity index (χ1v) is 1.34. The normalized spacial score (nSPS) is 39.8. The molecular weight excluding hydrogens is 52.0 g/mol. The molecule has 1 heterocycles. The number of hydrogen-bond donors (Lipinski definition) is 0. The quantitative estimate of drug-likeness (QED) is 0.286. The van der Waals surface area contributed by atoms with E-state index in [1.54, 1.807) is 0 Å². The van der Waals surface area contributed by atoms with Crippen LogP contribution in [0, 0.1) is 6.92 Å². The smallest absolute Gasteiger partial charge is 0.0414 e. The van der Waals surface area contributed by atoms with Gasteiger partial charge >= 0.3 is 0 Å². The molecule has 1 saturated heterocycles. The minimum absolute atomic E-state index is 0.333. The molecule has 4 heavy (non-hydrogen) atoms. The summed E-state index contributed by atoms with van der Waals surface area (Å²) in [5.41, 5.74) is 0. The zero-order valence-corrected chi connectivity index (χ0v) is 2.40. The van der Waals surface area contributed by atoms with Gasteiger partial charge in [-0.2, -0.15) is 0 Å². The van der Waals surface area contributed by atoms with Crippen molar-refractivity contribution in [2.75, 3.05) is 6.61 Å². The molecule has 0 aromatic carbocycles. The Morgan fingerprint density at radius 1 is 2.00 bits per heavy atom. The van der Waals surface area contributed by atoms with E-state index in [1.807, 2.05) is 0 Å². The zero-order chi connectivity index (χ0) is 2.99. The van der Waals surface area contributed by atoms with Crippen LogP contribution >= 0.6 is 0 Å². The van der Waals surface area contributed by atoms with E-state index in [4.69, 9.17) is 0 Å². The lowest BCUT2D eigenvalue weighted by molar-refractivity contribution is 0.439. The minimum atomic E-state index is 0.333. The molecule has 1 aliphatic rings. The Bertz CT molecular complexity index is 22.5. The molecule has 1 atom stereocenters. The van der Waals surface area contributed by atoms with Crippen LogP contribution in [0.15, 0.2) is 0 Å². The second-order valence-electron chi connectivity index (χ2n) is 0.955. The summed E-state index contributed by atoms with van der Waals surface area (Å²) >= 11 is 0. The van der Waals surface area contributed by atoms with Gasteiger partial charge in [-0.1, -0.05) is 0 Å². The Morgan fingerprint density at radius 2 is 2.25 bits per heavy atom. The lowest BCUT2D eigenvalue weighted by atomic mass is 10.6. The fourth-order valence-corrected chi connectivity index (χ4v) is 0.0680. The fourth-order valence-electron chi connectivity index (χ4n) is 0.0680. The van der Waals surface area contributed by atoms with E-state index in [0.717, 1.165) is 6.61 Å². The van der Waals surface area contributed by atoms with Gasteiger partial charge in [0.05, 0.1) is 0 Å². The maximum atomic E-state index is 4.60. The molecule has 24 valence electrons. The van der Waals surface area contributed by atoms with Crippen LogP contribution in [0.25, 0.3) is 0 Å². The molecule has 1 nitrogen and oxygen atoms in total. The first-order chi connectivity index (χ1) is 1.89. The second kappa shape index (κ2) is 0.462. The summed E-state index contributed by atoms with van der Waals surface area (Å²) in [5, 5.41) is 0. The van der Waals surface area contributed by atoms with Gasteiger partial charge in [0, 0.05) is 6.61 Å². The molecule has 0 bridgehead atoms. The summed E-state index contributed by atoms with van der Waals surface area (Å²) in [5.74, 6) is 0. The predicted molar refractivity (Wildman–Crippen MR) is 15.1 cm³/mol. The second-order valence-corrected chi connectivity index (χ2v) is 0.955. The maximum absolute atomic E-state index is 4.60. The lowest BCUT2D eigenvalue weighted by Gasteiger charge is -1.64. The molecule has 0 radical (unpaired) electrons. The summed E-state index contributed by atoms with van der Waals surface area (Å²) in [6.07, 6.45) is 0.333. The van der Waals surface area contributed by atoms with Crippen molar-refractivity contribution in [3.05, 3.63) is 6.92 Å². The van der Waals surface area contributed by atoms with Crippen molar-refractivity contribution in [2.24, 2.45) is 0 Å². The van der Waals surface area contributed by atoms with Crippen LogP contribution in [0.2, 0.25) is 0 Å². The van der Waals surface area contributed by atoms with Crippen LogP contribution in [-0.4, -0.2) is 12.7 Å². The van der Waals surface area contributed by atoms with Gasteiger partial charge in [-0.25, -0.2) is 0 Å². The number of rotatable bonds is 0. The summed E-state index contributed by atoms with van der Waals surface area (Å²) in [6.45, 7) is 4.40. The van der Waals surface area contributed by atoms with E-state index in [-0.39, 0.29) is 0 Å². The van der Waals surface area contributed by atoms with E-state index in [0.29, 0.717) is 6.10 Å². The first-order valence-electron chi connectivity index (χ1n) is 1.34. The molecule has 0 aliphatic carbocycles. The van der Waals surface area contributed by atoms with Gasteiger partial charge in [-0.3, -0.25) is 0 Å². The van der Waals surface area contributed by atoms with Gasteiger partial charge in [0.2, 0.25) is 0 Å². The van der Waals surface area contributed by atoms with Crippen molar-refractivity contribution in [1.29, 1.82) is 0 Å². The lowest BCUT2D eigenvalue weighted by Crippen LogP contribution is -1.61. The van der Waals surface area contributed by atoms with Gasteiger partial charge in [0.15, 0.2) is 0 Å². The summed E-state index contributed by atoms with van der Waals surface area (Å²) < 4.78 is 4.60. The topological polar surface area (TPSA) is 12.5 Å². The third kappa shape index (κ3) is 0.206. The highest BCUT2D eigenvalue weighted by atomic mass is 16.6. The van der Waals surface area contributed by atoms with Crippen molar-refractivity contribution in [3.63, 3.8) is 0 Å². The van der Waals surface area contributed by atoms with Gasteiger partial charge in [0.25, 0.3) is 0 Å². The SMILES string of the molecule is [CH2-]C1CO1. The van der Waals surface area contributed by atoms with Gasteiger partial charge in [-0.15, -0.1) is 0 Å². The van der Waals surface area contributed by atoms with Crippen molar-refractivity contribution in [2.45, 2.75) is 6.10 Å². The fraction of sp³-hybridized carbons (Fsp3) is 0.667. The molecular formula is C3H5O-. The van der Waals surface area contributed by atoms with Gasteiger partial charge < -0.3 is 11.7 Å². The Kier molecular flexibility index (Phi) is 0.256. The Morgan fingerprint density at radius 3 is 2.25 bits per heavy atom. The third-order valence-electron chi connectivity index (χ3n) is 0.402. The first kappa shape index (κ1) is 2.21. The predicted octanol–water partition coefficient (Wildman–Crippen LogP) is 0.219. The summed E-state index contributed by atoms with van der Waals surface area (Å²) in [4.78, 5) is 0. The largest absolute Gasteiger partial charge is 0.408 e. The molecule has 1 unspecified atom stereocenters. The van der Waals surface area contributed by atoms with Crippen LogP contribution in [0.1, 0.15) is 0 Å². The number of hydrogen-bond acceptors (Lipinski definition) is 1. The highest BCUT2D eigenvalue weighted by Gasteiger charge is 2.04. The van der Waals surface area contributed by atoms with Crippen LogP contribution in [0.4, 0.5) is 0 Å². The molecule has 1 fully saturated rings. The minimum Gasteiger partial charge on any atom is -0.408 e. The molecule has 0 amide bonds. The van der Waals surface area contributed by atoms with Crippen molar-refractivity contribution >= 4 is 0 Å². The molecule has 1 aliphatic heterocycles. The highest BCUT2D eigenvalue weighted by Crippen LogP contribution is 2.03. The number of ether oxygens (including phenoxy) is 1. The maximum Gasteiger partial charge on any atom is 0.0414 e. The van der Waals surface area contributed by atoms with E-state index < -0.39 is 0 Å². The molecule has 0 aromatic heterocycles. The molecule has 1 heteroatoms. The average Bonchev–Trinajstić information content (AvgIpc) is 1.75. The Balaban J connectivity index is 2.17. The van der Waals surface area contributed by atoms with Crippen LogP contribution in [0.3, 0.4) is 0 Å². The van der Waals surface area contributed by atoms with Crippen molar-refractivity contribution in [3.8, 4) is 0 Å². The third-order valence-corrected chi connectivity index (χ3v) is 0.402.